The first kappa shape index (κ1) is 10.5. The molecule has 0 saturated carbocycles. The third kappa shape index (κ3) is 2.08. The van der Waals surface area contributed by atoms with Crippen molar-refractivity contribution >= 4 is 22.9 Å². The summed E-state index contributed by atoms with van der Waals surface area (Å²) in [6, 6.07) is 12.1. The van der Waals surface area contributed by atoms with Crippen molar-refractivity contribution in [2.45, 2.75) is 0 Å². The summed E-state index contributed by atoms with van der Waals surface area (Å²) in [6.45, 7) is 0. The molecule has 0 saturated heterocycles. The van der Waals surface area contributed by atoms with Crippen LogP contribution in [0.2, 0.25) is 0 Å². The molecule has 0 fully saturated rings. The molecule has 18 heavy (non-hydrogen) atoms. The van der Waals surface area contributed by atoms with Crippen molar-refractivity contribution in [2.75, 3.05) is 0 Å². The predicted molar refractivity (Wildman–Crippen MR) is 68.4 cm³/mol. The summed E-state index contributed by atoms with van der Waals surface area (Å²) in [7, 11) is 0. The van der Waals surface area contributed by atoms with Gasteiger partial charge >= 0.3 is 5.63 Å². The zero-order valence-corrected chi connectivity index (χ0v) is 9.37. The molecule has 0 unspecified atom stereocenters. The molecule has 0 spiro atoms. The van der Waals surface area contributed by atoms with E-state index >= 15 is 0 Å². The Morgan fingerprint density at radius 2 is 2.06 bits per heavy atom. The maximum Gasteiger partial charge on any atom is 0.336 e. The Morgan fingerprint density at radius 3 is 2.89 bits per heavy atom. The SMILES string of the molecule is O=c1ccc2cc(N=Cc3ccco3)ccc2o1. The summed E-state index contributed by atoms with van der Waals surface area (Å²) in [5.74, 6) is 0.690. The lowest BCUT2D eigenvalue weighted by molar-refractivity contribution is 0.560. The van der Waals surface area contributed by atoms with Gasteiger partial charge in [0.05, 0.1) is 18.2 Å². The molecule has 4 nitrogen and oxygen atoms in total. The minimum absolute atomic E-state index is 0.352. The van der Waals surface area contributed by atoms with E-state index in [1.165, 1.54) is 6.07 Å². The highest BCUT2D eigenvalue weighted by Crippen LogP contribution is 2.19. The Morgan fingerprint density at radius 1 is 1.11 bits per heavy atom. The van der Waals surface area contributed by atoms with E-state index in [0.29, 0.717) is 11.3 Å². The number of furan rings is 1. The number of nitrogens with zero attached hydrogens (tertiary/aromatic N) is 1. The van der Waals surface area contributed by atoms with Crippen LogP contribution in [0.1, 0.15) is 5.76 Å². The van der Waals surface area contributed by atoms with Crippen molar-refractivity contribution in [3.05, 3.63) is 64.9 Å². The van der Waals surface area contributed by atoms with Crippen molar-refractivity contribution in [2.24, 2.45) is 4.99 Å². The first-order chi connectivity index (χ1) is 8.81. The lowest BCUT2D eigenvalue weighted by atomic mass is 10.2. The van der Waals surface area contributed by atoms with Gasteiger partial charge in [0.1, 0.15) is 11.3 Å². The van der Waals surface area contributed by atoms with Gasteiger partial charge in [-0.1, -0.05) is 0 Å². The first-order valence-corrected chi connectivity index (χ1v) is 5.43. The maximum absolute atomic E-state index is 11.0. The van der Waals surface area contributed by atoms with Crippen molar-refractivity contribution < 1.29 is 8.83 Å². The Bertz CT molecular complexity index is 754. The molecule has 0 radical (unpaired) electrons. The zero-order chi connectivity index (χ0) is 12.4. The zero-order valence-electron chi connectivity index (χ0n) is 9.37. The van der Waals surface area contributed by atoms with Gasteiger partial charge in [-0.2, -0.15) is 0 Å². The lowest BCUT2D eigenvalue weighted by Gasteiger charge is -1.97. The Hall–Kier alpha value is -2.62. The van der Waals surface area contributed by atoms with Crippen LogP contribution < -0.4 is 5.63 Å². The van der Waals surface area contributed by atoms with E-state index in [2.05, 4.69) is 4.99 Å². The molecule has 2 heterocycles. The quantitative estimate of drug-likeness (QED) is 0.510. The Kier molecular flexibility index (Phi) is 2.53. The van der Waals surface area contributed by atoms with Crippen LogP contribution in [-0.2, 0) is 0 Å². The van der Waals surface area contributed by atoms with Gasteiger partial charge in [0.15, 0.2) is 0 Å². The largest absolute Gasteiger partial charge is 0.463 e. The van der Waals surface area contributed by atoms with Gasteiger partial charge in [-0.25, -0.2) is 4.79 Å². The molecular formula is C14H9NO3. The van der Waals surface area contributed by atoms with E-state index in [1.807, 2.05) is 12.1 Å². The van der Waals surface area contributed by atoms with Gasteiger partial charge in [0, 0.05) is 11.5 Å². The highest BCUT2D eigenvalue weighted by atomic mass is 16.4. The van der Waals surface area contributed by atoms with Gasteiger partial charge in [-0.3, -0.25) is 4.99 Å². The molecule has 3 rings (SSSR count). The Labute approximate surface area is 102 Å². The van der Waals surface area contributed by atoms with Gasteiger partial charge in [0.25, 0.3) is 0 Å². The number of benzene rings is 1. The van der Waals surface area contributed by atoms with Gasteiger partial charge in [0.2, 0.25) is 0 Å². The lowest BCUT2D eigenvalue weighted by Crippen LogP contribution is -1.93. The van der Waals surface area contributed by atoms with Crippen LogP contribution >= 0.6 is 0 Å². The Balaban J connectivity index is 1.98. The molecule has 0 atom stereocenters. The average molecular weight is 239 g/mol. The molecule has 88 valence electrons. The summed E-state index contributed by atoms with van der Waals surface area (Å²) >= 11 is 0. The third-order valence-corrected chi connectivity index (χ3v) is 2.49. The number of hydrogen-bond acceptors (Lipinski definition) is 4. The van der Waals surface area contributed by atoms with E-state index in [4.69, 9.17) is 8.83 Å². The van der Waals surface area contributed by atoms with Crippen molar-refractivity contribution in [1.82, 2.24) is 0 Å². The summed E-state index contributed by atoms with van der Waals surface area (Å²) in [6.07, 6.45) is 3.23. The number of rotatable bonds is 2. The molecule has 0 aliphatic carbocycles. The fraction of sp³-hybridized carbons (Fsp3) is 0. The molecule has 0 bridgehead atoms. The summed E-state index contributed by atoms with van der Waals surface area (Å²) in [5.41, 5.74) is 0.974. The molecule has 2 aromatic heterocycles. The third-order valence-electron chi connectivity index (χ3n) is 2.49. The van der Waals surface area contributed by atoms with Crippen LogP contribution in [0.3, 0.4) is 0 Å². The predicted octanol–water partition coefficient (Wildman–Crippen LogP) is 3.14. The van der Waals surface area contributed by atoms with Gasteiger partial charge in [-0.15, -0.1) is 0 Å². The van der Waals surface area contributed by atoms with E-state index in [0.717, 1.165) is 11.1 Å². The average Bonchev–Trinajstić information content (AvgIpc) is 2.89. The second kappa shape index (κ2) is 4.33. The highest BCUT2D eigenvalue weighted by molar-refractivity contribution is 5.83. The highest BCUT2D eigenvalue weighted by Gasteiger charge is 1.98. The molecule has 0 amide bonds. The molecule has 1 aromatic carbocycles. The molecular weight excluding hydrogens is 230 g/mol. The van der Waals surface area contributed by atoms with Crippen molar-refractivity contribution in [3.8, 4) is 0 Å². The standard InChI is InChI=1S/C14H9NO3/c16-14-6-3-10-8-11(4-5-13(10)18-14)15-9-12-2-1-7-17-12/h1-9H. The van der Waals surface area contributed by atoms with E-state index in [1.54, 1.807) is 36.7 Å². The van der Waals surface area contributed by atoms with Crippen molar-refractivity contribution in [3.63, 3.8) is 0 Å². The van der Waals surface area contributed by atoms with Crippen LogP contribution in [0, 0.1) is 0 Å². The topological polar surface area (TPSA) is 55.7 Å². The second-order valence-electron chi connectivity index (χ2n) is 3.75. The van der Waals surface area contributed by atoms with Gasteiger partial charge < -0.3 is 8.83 Å². The fourth-order valence-corrected chi connectivity index (χ4v) is 1.64. The van der Waals surface area contributed by atoms with Crippen LogP contribution in [-0.4, -0.2) is 6.21 Å². The minimum Gasteiger partial charge on any atom is -0.463 e. The van der Waals surface area contributed by atoms with Crippen molar-refractivity contribution in [1.29, 1.82) is 0 Å². The summed E-state index contributed by atoms with van der Waals surface area (Å²) in [4.78, 5) is 15.3. The maximum atomic E-state index is 11.0. The molecule has 3 aromatic rings. The van der Waals surface area contributed by atoms with Crippen LogP contribution in [0.5, 0.6) is 0 Å². The summed E-state index contributed by atoms with van der Waals surface area (Å²) < 4.78 is 10.2. The monoisotopic (exact) mass is 239 g/mol. The molecule has 0 aliphatic rings. The van der Waals surface area contributed by atoms with E-state index in [9.17, 15) is 4.79 Å². The smallest absolute Gasteiger partial charge is 0.336 e. The number of fused-ring (bicyclic) bond motifs is 1. The minimum atomic E-state index is -0.352. The second-order valence-corrected chi connectivity index (χ2v) is 3.75. The van der Waals surface area contributed by atoms with Crippen LogP contribution in [0.25, 0.3) is 11.0 Å². The van der Waals surface area contributed by atoms with Crippen LogP contribution in [0.15, 0.2) is 67.3 Å². The molecule has 0 aliphatic heterocycles. The fourth-order valence-electron chi connectivity index (χ4n) is 1.64. The number of hydrogen-bond donors (Lipinski definition) is 0. The summed E-state index contributed by atoms with van der Waals surface area (Å²) in [5, 5.41) is 0.837. The first-order valence-electron chi connectivity index (χ1n) is 5.43. The molecule has 4 heteroatoms. The van der Waals surface area contributed by atoms with Crippen LogP contribution in [0.4, 0.5) is 5.69 Å². The molecule has 0 N–H and O–H groups in total. The number of aliphatic imine (C=N–C) groups is 1. The van der Waals surface area contributed by atoms with E-state index in [-0.39, 0.29) is 5.63 Å². The normalized spacial score (nSPS) is 11.3. The van der Waals surface area contributed by atoms with Gasteiger partial charge in [-0.05, 0) is 36.4 Å². The van der Waals surface area contributed by atoms with E-state index < -0.39 is 0 Å².